The first-order chi connectivity index (χ1) is 9.84. The second-order valence-corrected chi connectivity index (χ2v) is 5.40. The minimum absolute atomic E-state index is 0.142. The maximum atomic E-state index is 9.62. The molecule has 2 nitrogen and oxygen atoms in total. The zero-order chi connectivity index (χ0) is 13.8. The summed E-state index contributed by atoms with van der Waals surface area (Å²) in [5.74, 6) is 0.241. The Labute approximate surface area is 120 Å². The molecule has 3 rings (SSSR count). The van der Waals surface area contributed by atoms with Crippen molar-refractivity contribution in [2.75, 3.05) is 6.61 Å². The van der Waals surface area contributed by atoms with Crippen molar-refractivity contribution in [3.05, 3.63) is 71.8 Å². The lowest BCUT2D eigenvalue weighted by Gasteiger charge is -2.33. The molecule has 0 spiro atoms. The van der Waals surface area contributed by atoms with E-state index in [1.807, 2.05) is 12.1 Å². The second-order valence-electron chi connectivity index (χ2n) is 5.40. The fourth-order valence-electron chi connectivity index (χ4n) is 2.96. The Morgan fingerprint density at radius 3 is 1.85 bits per heavy atom. The average molecular weight is 268 g/mol. The smallest absolute Gasteiger partial charge is 0.0774 e. The second kappa shape index (κ2) is 6.21. The minimum atomic E-state index is -0.307. The zero-order valence-corrected chi connectivity index (χ0v) is 11.5. The predicted octanol–water partition coefficient (Wildman–Crippen LogP) is 3.36. The number of hydrogen-bond acceptors (Lipinski definition) is 2. The number of aliphatic hydroxyl groups excluding tert-OH is 1. The van der Waals surface area contributed by atoms with Crippen LogP contribution in [0.2, 0.25) is 0 Å². The quantitative estimate of drug-likeness (QED) is 0.925. The first kappa shape index (κ1) is 13.3. The molecule has 1 saturated heterocycles. The Bertz CT molecular complexity index is 476. The highest BCUT2D eigenvalue weighted by Crippen LogP contribution is 2.34. The van der Waals surface area contributed by atoms with Gasteiger partial charge in [-0.1, -0.05) is 60.7 Å². The number of rotatable bonds is 3. The highest BCUT2D eigenvalue weighted by molar-refractivity contribution is 5.33. The Morgan fingerprint density at radius 1 is 0.850 bits per heavy atom. The molecule has 0 bridgehead atoms. The lowest BCUT2D eigenvalue weighted by atomic mass is 9.83. The largest absolute Gasteiger partial charge is 0.391 e. The van der Waals surface area contributed by atoms with Crippen molar-refractivity contribution in [1.82, 2.24) is 0 Å². The van der Waals surface area contributed by atoms with Crippen LogP contribution in [0.3, 0.4) is 0 Å². The van der Waals surface area contributed by atoms with E-state index in [0.717, 1.165) is 12.8 Å². The van der Waals surface area contributed by atoms with Gasteiger partial charge in [0.15, 0.2) is 0 Å². The van der Waals surface area contributed by atoms with Gasteiger partial charge in [0.2, 0.25) is 0 Å². The van der Waals surface area contributed by atoms with Crippen molar-refractivity contribution < 1.29 is 9.84 Å². The molecule has 1 aliphatic rings. The molecule has 1 aliphatic heterocycles. The van der Waals surface area contributed by atoms with E-state index in [2.05, 4.69) is 48.5 Å². The van der Waals surface area contributed by atoms with Crippen molar-refractivity contribution in [3.8, 4) is 0 Å². The monoisotopic (exact) mass is 268 g/mol. The van der Waals surface area contributed by atoms with E-state index in [9.17, 15) is 5.11 Å². The first-order valence-electron chi connectivity index (χ1n) is 7.24. The summed E-state index contributed by atoms with van der Waals surface area (Å²) in [7, 11) is 0. The standard InChI is InChI=1S/C18H20O2/c19-16-11-12-17(20-13-16)18(14-7-3-1-4-8-14)15-9-5-2-6-10-15/h1-10,16-19H,11-13H2/t16-,17?/m0/s1. The minimum Gasteiger partial charge on any atom is -0.391 e. The molecular weight excluding hydrogens is 248 g/mol. The summed E-state index contributed by atoms with van der Waals surface area (Å²) in [5, 5.41) is 9.62. The van der Waals surface area contributed by atoms with E-state index in [1.165, 1.54) is 11.1 Å². The third-order valence-corrected chi connectivity index (χ3v) is 3.98. The van der Waals surface area contributed by atoms with E-state index in [0.29, 0.717) is 6.61 Å². The molecule has 0 saturated carbocycles. The topological polar surface area (TPSA) is 29.5 Å². The molecule has 2 heteroatoms. The van der Waals surface area contributed by atoms with Crippen LogP contribution in [0.15, 0.2) is 60.7 Å². The van der Waals surface area contributed by atoms with Gasteiger partial charge in [-0.2, -0.15) is 0 Å². The Hall–Kier alpha value is -1.64. The Morgan fingerprint density at radius 2 is 1.40 bits per heavy atom. The molecule has 0 aliphatic carbocycles. The van der Waals surface area contributed by atoms with E-state index in [-0.39, 0.29) is 18.1 Å². The molecule has 1 N–H and O–H groups in total. The summed E-state index contributed by atoms with van der Waals surface area (Å²) in [6, 6.07) is 21.0. The third-order valence-electron chi connectivity index (χ3n) is 3.98. The molecule has 0 aromatic heterocycles. The molecule has 0 amide bonds. The molecule has 20 heavy (non-hydrogen) atoms. The van der Waals surface area contributed by atoms with Gasteiger partial charge in [-0.25, -0.2) is 0 Å². The number of aliphatic hydroxyl groups is 1. The lowest BCUT2D eigenvalue weighted by molar-refractivity contribution is -0.0610. The molecule has 2 aromatic carbocycles. The van der Waals surface area contributed by atoms with Gasteiger partial charge in [-0.15, -0.1) is 0 Å². The van der Waals surface area contributed by atoms with Gasteiger partial charge >= 0.3 is 0 Å². The van der Waals surface area contributed by atoms with Crippen LogP contribution in [0.25, 0.3) is 0 Å². The van der Waals surface area contributed by atoms with Crippen LogP contribution in [-0.4, -0.2) is 23.9 Å². The summed E-state index contributed by atoms with van der Waals surface area (Å²) in [4.78, 5) is 0. The molecule has 1 unspecified atom stereocenters. The van der Waals surface area contributed by atoms with Crippen molar-refractivity contribution in [2.24, 2.45) is 0 Å². The normalized spacial score (nSPS) is 22.9. The van der Waals surface area contributed by atoms with Crippen LogP contribution in [-0.2, 0) is 4.74 Å². The van der Waals surface area contributed by atoms with Crippen molar-refractivity contribution in [1.29, 1.82) is 0 Å². The highest BCUT2D eigenvalue weighted by Gasteiger charge is 2.29. The highest BCUT2D eigenvalue weighted by atomic mass is 16.5. The number of benzene rings is 2. The number of hydrogen-bond donors (Lipinski definition) is 1. The van der Waals surface area contributed by atoms with Gasteiger partial charge in [0.25, 0.3) is 0 Å². The van der Waals surface area contributed by atoms with Gasteiger partial charge in [-0.3, -0.25) is 0 Å². The van der Waals surface area contributed by atoms with Gasteiger partial charge in [0.1, 0.15) is 0 Å². The molecule has 104 valence electrons. The molecule has 2 aromatic rings. The van der Waals surface area contributed by atoms with Crippen LogP contribution < -0.4 is 0 Å². The fourth-order valence-corrected chi connectivity index (χ4v) is 2.96. The summed E-state index contributed by atoms with van der Waals surface area (Å²) < 4.78 is 5.91. The molecule has 0 radical (unpaired) electrons. The van der Waals surface area contributed by atoms with Gasteiger partial charge < -0.3 is 9.84 Å². The van der Waals surface area contributed by atoms with Crippen LogP contribution in [0, 0.1) is 0 Å². The zero-order valence-electron chi connectivity index (χ0n) is 11.5. The fraction of sp³-hybridized carbons (Fsp3) is 0.333. The van der Waals surface area contributed by atoms with E-state index in [1.54, 1.807) is 0 Å². The summed E-state index contributed by atoms with van der Waals surface area (Å²) >= 11 is 0. The Kier molecular flexibility index (Phi) is 4.14. The maximum Gasteiger partial charge on any atom is 0.0774 e. The lowest BCUT2D eigenvalue weighted by Crippen LogP contribution is -2.33. The Balaban J connectivity index is 1.92. The van der Waals surface area contributed by atoms with Crippen LogP contribution in [0.5, 0.6) is 0 Å². The van der Waals surface area contributed by atoms with E-state index in [4.69, 9.17) is 4.74 Å². The van der Waals surface area contributed by atoms with Gasteiger partial charge in [0.05, 0.1) is 18.8 Å². The van der Waals surface area contributed by atoms with E-state index >= 15 is 0 Å². The summed E-state index contributed by atoms with van der Waals surface area (Å²) in [5.41, 5.74) is 2.56. The maximum absolute atomic E-state index is 9.62. The molecule has 2 atom stereocenters. The average Bonchev–Trinajstić information content (AvgIpc) is 2.52. The van der Waals surface area contributed by atoms with Crippen molar-refractivity contribution in [2.45, 2.75) is 31.0 Å². The molecular formula is C18H20O2. The van der Waals surface area contributed by atoms with Gasteiger partial charge in [-0.05, 0) is 24.0 Å². The summed E-state index contributed by atoms with van der Waals surface area (Å²) in [6.07, 6.45) is 1.55. The van der Waals surface area contributed by atoms with E-state index < -0.39 is 0 Å². The predicted molar refractivity (Wildman–Crippen MR) is 79.7 cm³/mol. The summed E-state index contributed by atoms with van der Waals surface area (Å²) in [6.45, 7) is 0.445. The van der Waals surface area contributed by atoms with Crippen LogP contribution in [0.1, 0.15) is 29.9 Å². The third kappa shape index (κ3) is 2.92. The number of ether oxygens (including phenoxy) is 1. The first-order valence-corrected chi connectivity index (χ1v) is 7.24. The van der Waals surface area contributed by atoms with Crippen LogP contribution in [0.4, 0.5) is 0 Å². The molecule has 1 heterocycles. The SMILES string of the molecule is O[C@H]1CCC(C(c2ccccc2)c2ccccc2)OC1. The van der Waals surface area contributed by atoms with Crippen molar-refractivity contribution >= 4 is 0 Å². The molecule has 1 fully saturated rings. The van der Waals surface area contributed by atoms with Crippen LogP contribution >= 0.6 is 0 Å². The van der Waals surface area contributed by atoms with Gasteiger partial charge in [0, 0.05) is 5.92 Å². The van der Waals surface area contributed by atoms with Crippen molar-refractivity contribution in [3.63, 3.8) is 0 Å².